The van der Waals surface area contributed by atoms with Crippen molar-refractivity contribution in [2.24, 2.45) is 11.8 Å². The van der Waals surface area contributed by atoms with Gasteiger partial charge < -0.3 is 5.32 Å². The second-order valence-electron chi connectivity index (χ2n) is 9.01. The molecule has 3 fully saturated rings. The number of nitrogens with zero attached hydrogens (tertiary/aromatic N) is 3. The van der Waals surface area contributed by atoms with Gasteiger partial charge in [-0.1, -0.05) is 23.7 Å². The third-order valence-corrected chi connectivity index (χ3v) is 8.07. The second-order valence-corrected chi connectivity index (χ2v) is 9.42. The number of fused-ring (bicyclic) bond motifs is 7. The Morgan fingerprint density at radius 3 is 2.73 bits per heavy atom. The minimum atomic E-state index is -1.31. The molecule has 3 saturated heterocycles. The Balaban J connectivity index is 1.55. The number of carbonyl (C=O) groups excluding carboxylic acids is 3. The Morgan fingerprint density at radius 1 is 1.18 bits per heavy atom. The Labute approximate surface area is 193 Å². The number of nitro groups is 1. The number of benzene rings is 2. The van der Waals surface area contributed by atoms with Crippen molar-refractivity contribution in [3.63, 3.8) is 0 Å². The highest BCUT2D eigenvalue weighted by Crippen LogP contribution is 2.61. The van der Waals surface area contributed by atoms with Crippen molar-refractivity contribution in [1.82, 2.24) is 4.90 Å². The zero-order chi connectivity index (χ0) is 23.2. The van der Waals surface area contributed by atoms with Gasteiger partial charge in [0.1, 0.15) is 5.54 Å². The van der Waals surface area contributed by atoms with Crippen LogP contribution in [-0.2, 0) is 19.9 Å². The standard InChI is InChI=1S/C23H19ClN4O5/c1-11-15(24)8-7-14-19(11)25-22(31)23(14)18-17(16-6-3-9-26(16)23)20(29)27(21(18)30)12-4-2-5-13(10-12)28(32)33/h2,4-5,7-8,10,16-18H,3,6,9H2,1H3,(H,25,31). The lowest BCUT2D eigenvalue weighted by atomic mass is 9.75. The summed E-state index contributed by atoms with van der Waals surface area (Å²) < 4.78 is 0. The predicted molar refractivity (Wildman–Crippen MR) is 119 cm³/mol. The summed E-state index contributed by atoms with van der Waals surface area (Å²) in [6, 6.07) is 8.72. The van der Waals surface area contributed by atoms with Crippen LogP contribution >= 0.6 is 11.6 Å². The van der Waals surface area contributed by atoms with Gasteiger partial charge in [0.15, 0.2) is 0 Å². The van der Waals surface area contributed by atoms with Crippen LogP contribution in [0.15, 0.2) is 36.4 Å². The van der Waals surface area contributed by atoms with E-state index in [0.29, 0.717) is 34.8 Å². The molecule has 4 aliphatic rings. The number of rotatable bonds is 2. The summed E-state index contributed by atoms with van der Waals surface area (Å²) in [4.78, 5) is 55.0. The van der Waals surface area contributed by atoms with Crippen LogP contribution in [-0.4, -0.2) is 40.1 Å². The molecule has 168 valence electrons. The van der Waals surface area contributed by atoms with E-state index in [2.05, 4.69) is 5.32 Å². The number of hydrogen-bond acceptors (Lipinski definition) is 6. The highest BCUT2D eigenvalue weighted by Gasteiger charge is 2.74. The molecule has 10 heteroatoms. The summed E-state index contributed by atoms with van der Waals surface area (Å²) in [5.74, 6) is -2.87. The van der Waals surface area contributed by atoms with Crippen LogP contribution in [0, 0.1) is 28.9 Å². The number of hydrogen-bond donors (Lipinski definition) is 1. The summed E-state index contributed by atoms with van der Waals surface area (Å²) in [5, 5.41) is 14.7. The quantitative estimate of drug-likeness (QED) is 0.413. The van der Waals surface area contributed by atoms with E-state index in [1.165, 1.54) is 24.3 Å². The zero-order valence-electron chi connectivity index (χ0n) is 17.6. The van der Waals surface area contributed by atoms with E-state index in [1.807, 2.05) is 11.8 Å². The van der Waals surface area contributed by atoms with Gasteiger partial charge in [-0.05, 0) is 44.0 Å². The molecule has 0 saturated carbocycles. The lowest BCUT2D eigenvalue weighted by molar-refractivity contribution is -0.384. The Hall–Kier alpha value is -3.30. The van der Waals surface area contributed by atoms with E-state index < -0.39 is 34.1 Å². The Bertz CT molecular complexity index is 1300. The molecule has 9 nitrogen and oxygen atoms in total. The van der Waals surface area contributed by atoms with E-state index in [-0.39, 0.29) is 23.3 Å². The maximum absolute atomic E-state index is 13.9. The molecule has 2 aromatic rings. The van der Waals surface area contributed by atoms with Gasteiger partial charge in [-0.3, -0.25) is 29.4 Å². The van der Waals surface area contributed by atoms with E-state index in [4.69, 9.17) is 11.6 Å². The molecule has 0 aromatic heterocycles. The van der Waals surface area contributed by atoms with Gasteiger partial charge in [0, 0.05) is 28.8 Å². The molecule has 3 amide bonds. The van der Waals surface area contributed by atoms with Gasteiger partial charge in [0.05, 0.1) is 28.1 Å². The van der Waals surface area contributed by atoms with Crippen molar-refractivity contribution >= 4 is 46.4 Å². The number of nitro benzene ring substituents is 1. The number of non-ortho nitro benzene ring substituents is 1. The molecule has 0 aliphatic carbocycles. The smallest absolute Gasteiger partial charge is 0.271 e. The molecule has 4 unspecified atom stereocenters. The first-order chi connectivity index (χ1) is 15.8. The second kappa shape index (κ2) is 6.61. The number of amides is 3. The average Bonchev–Trinajstić information content (AvgIpc) is 3.49. The van der Waals surface area contributed by atoms with Crippen molar-refractivity contribution in [3.05, 3.63) is 62.7 Å². The van der Waals surface area contributed by atoms with Crippen LogP contribution in [0.1, 0.15) is 24.0 Å². The van der Waals surface area contributed by atoms with Crippen molar-refractivity contribution in [2.75, 3.05) is 16.8 Å². The van der Waals surface area contributed by atoms with E-state index >= 15 is 0 Å². The van der Waals surface area contributed by atoms with Crippen LogP contribution < -0.4 is 10.2 Å². The number of nitrogens with one attached hydrogen (secondary N) is 1. The zero-order valence-corrected chi connectivity index (χ0v) is 18.3. The highest BCUT2D eigenvalue weighted by atomic mass is 35.5. The molecule has 4 atom stereocenters. The van der Waals surface area contributed by atoms with Gasteiger partial charge >= 0.3 is 0 Å². The van der Waals surface area contributed by atoms with Gasteiger partial charge in [-0.25, -0.2) is 4.90 Å². The van der Waals surface area contributed by atoms with Gasteiger partial charge in [-0.15, -0.1) is 0 Å². The minimum Gasteiger partial charge on any atom is -0.324 e. The fourth-order valence-corrected chi connectivity index (χ4v) is 6.55. The van der Waals surface area contributed by atoms with Crippen LogP contribution in [0.2, 0.25) is 5.02 Å². The summed E-state index contributed by atoms with van der Waals surface area (Å²) in [6.45, 7) is 2.41. The normalized spacial score (nSPS) is 30.1. The van der Waals surface area contributed by atoms with Gasteiger partial charge in [0.2, 0.25) is 17.7 Å². The number of halogens is 1. The lowest BCUT2D eigenvalue weighted by Gasteiger charge is -2.36. The molecule has 6 rings (SSSR count). The van der Waals surface area contributed by atoms with Crippen molar-refractivity contribution < 1.29 is 19.3 Å². The average molecular weight is 467 g/mol. The van der Waals surface area contributed by atoms with Crippen molar-refractivity contribution in [3.8, 4) is 0 Å². The highest BCUT2D eigenvalue weighted by molar-refractivity contribution is 6.32. The van der Waals surface area contributed by atoms with Crippen LogP contribution in [0.5, 0.6) is 0 Å². The first-order valence-electron chi connectivity index (χ1n) is 10.8. The fourth-order valence-electron chi connectivity index (χ4n) is 6.39. The van der Waals surface area contributed by atoms with Crippen LogP contribution in [0.4, 0.5) is 17.1 Å². The summed E-state index contributed by atoms with van der Waals surface area (Å²) in [5.41, 5.74) is 0.601. The fraction of sp³-hybridized carbons (Fsp3) is 0.348. The third-order valence-electron chi connectivity index (χ3n) is 7.66. The molecule has 4 heterocycles. The maximum Gasteiger partial charge on any atom is 0.271 e. The summed E-state index contributed by atoms with van der Waals surface area (Å²) >= 11 is 6.30. The Morgan fingerprint density at radius 2 is 1.97 bits per heavy atom. The first-order valence-corrected chi connectivity index (χ1v) is 11.2. The molecule has 1 N–H and O–H groups in total. The molecule has 4 aliphatic heterocycles. The molecule has 1 spiro atoms. The van der Waals surface area contributed by atoms with Crippen molar-refractivity contribution in [1.29, 1.82) is 0 Å². The van der Waals surface area contributed by atoms with Crippen LogP contribution in [0.3, 0.4) is 0 Å². The minimum absolute atomic E-state index is 0.152. The van der Waals surface area contributed by atoms with E-state index in [1.54, 1.807) is 12.1 Å². The van der Waals surface area contributed by atoms with Crippen LogP contribution in [0.25, 0.3) is 0 Å². The molecule has 33 heavy (non-hydrogen) atoms. The molecule has 0 bridgehead atoms. The Kier molecular flexibility index (Phi) is 4.07. The lowest BCUT2D eigenvalue weighted by Crippen LogP contribution is -2.54. The first kappa shape index (κ1) is 20.3. The molecular weight excluding hydrogens is 448 g/mol. The topological polar surface area (TPSA) is 113 Å². The molecule has 2 aromatic carbocycles. The number of anilines is 2. The van der Waals surface area contributed by atoms with Gasteiger partial charge in [-0.2, -0.15) is 0 Å². The van der Waals surface area contributed by atoms with E-state index in [0.717, 1.165) is 11.3 Å². The summed E-state index contributed by atoms with van der Waals surface area (Å²) in [7, 11) is 0. The third kappa shape index (κ3) is 2.33. The number of carbonyl (C=O) groups is 3. The SMILES string of the molecule is Cc1c(Cl)ccc2c1NC(=O)C21C2C(=O)N(c3cccc([N+](=O)[O-])c3)C(=O)C2C2CCCN21. The largest absolute Gasteiger partial charge is 0.324 e. The maximum atomic E-state index is 13.9. The number of imide groups is 1. The molecule has 0 radical (unpaired) electrons. The molecular formula is C23H19ClN4O5. The summed E-state index contributed by atoms with van der Waals surface area (Å²) in [6.07, 6.45) is 1.50. The monoisotopic (exact) mass is 466 g/mol. The van der Waals surface area contributed by atoms with Crippen molar-refractivity contribution in [2.45, 2.75) is 31.3 Å². The predicted octanol–water partition coefficient (Wildman–Crippen LogP) is 2.99. The van der Waals surface area contributed by atoms with Gasteiger partial charge in [0.25, 0.3) is 5.69 Å². The van der Waals surface area contributed by atoms with E-state index in [9.17, 15) is 24.5 Å².